The molecule has 110 valence electrons. The fraction of sp³-hybridized carbons (Fsp3) is 0.647. The van der Waals surface area contributed by atoms with Crippen LogP contribution in [0.3, 0.4) is 0 Å². The Hall–Kier alpha value is -0.900. The third kappa shape index (κ3) is 2.90. The van der Waals surface area contributed by atoms with Crippen LogP contribution >= 0.6 is 0 Å². The maximum absolute atomic E-state index is 6.43. The van der Waals surface area contributed by atoms with E-state index < -0.39 is 0 Å². The van der Waals surface area contributed by atoms with Crippen LogP contribution in [0.5, 0.6) is 0 Å². The van der Waals surface area contributed by atoms with Crippen molar-refractivity contribution in [2.45, 2.75) is 43.8 Å². The molecule has 0 amide bonds. The predicted molar refractivity (Wildman–Crippen MR) is 83.6 cm³/mol. The molecule has 0 radical (unpaired) electrons. The second-order valence-corrected chi connectivity index (χ2v) is 6.44. The highest BCUT2D eigenvalue weighted by Crippen LogP contribution is 2.32. The lowest BCUT2D eigenvalue weighted by atomic mass is 9.87. The lowest BCUT2D eigenvalue weighted by Crippen LogP contribution is -2.57. The zero-order valence-electron chi connectivity index (χ0n) is 12.5. The van der Waals surface area contributed by atoms with E-state index in [9.17, 15) is 0 Å². The third-order valence-electron chi connectivity index (χ3n) is 5.02. The van der Waals surface area contributed by atoms with Gasteiger partial charge in [0, 0.05) is 37.8 Å². The Morgan fingerprint density at radius 3 is 2.55 bits per heavy atom. The number of likely N-dealkylation sites (N-methyl/N-ethyl adjacent to an activating group) is 1. The van der Waals surface area contributed by atoms with E-state index in [2.05, 4.69) is 47.2 Å². The molecule has 0 spiro atoms. The van der Waals surface area contributed by atoms with Gasteiger partial charge in [-0.3, -0.25) is 4.90 Å². The Kier molecular flexibility index (Phi) is 4.39. The monoisotopic (exact) mass is 273 g/mol. The molecule has 1 aromatic carbocycles. The van der Waals surface area contributed by atoms with E-state index in [-0.39, 0.29) is 0 Å². The van der Waals surface area contributed by atoms with Gasteiger partial charge in [-0.2, -0.15) is 0 Å². The smallest absolute Gasteiger partial charge is 0.0479 e. The van der Waals surface area contributed by atoms with Crippen LogP contribution in [0.15, 0.2) is 30.3 Å². The number of nitrogens with zero attached hydrogens (tertiary/aromatic N) is 2. The van der Waals surface area contributed by atoms with Gasteiger partial charge in [0.1, 0.15) is 0 Å². The van der Waals surface area contributed by atoms with E-state index in [4.69, 9.17) is 5.73 Å². The van der Waals surface area contributed by atoms with Gasteiger partial charge >= 0.3 is 0 Å². The maximum atomic E-state index is 6.43. The molecule has 1 saturated heterocycles. The minimum absolute atomic E-state index is 0.360. The average Bonchev–Trinajstić information content (AvgIpc) is 2.49. The highest BCUT2D eigenvalue weighted by molar-refractivity contribution is 5.20. The molecule has 0 aromatic heterocycles. The van der Waals surface area contributed by atoms with Crippen LogP contribution in [0.25, 0.3) is 0 Å². The first-order valence-electron chi connectivity index (χ1n) is 8.00. The SMILES string of the molecule is CN1CCN(C2CCCCC2N)C(c2ccccc2)C1. The number of hydrogen-bond donors (Lipinski definition) is 1. The summed E-state index contributed by atoms with van der Waals surface area (Å²) in [6.07, 6.45) is 5.11. The molecule has 3 unspecified atom stereocenters. The molecule has 1 saturated carbocycles. The Morgan fingerprint density at radius 1 is 1.05 bits per heavy atom. The molecule has 0 bridgehead atoms. The number of nitrogens with two attached hydrogens (primary N) is 1. The second-order valence-electron chi connectivity index (χ2n) is 6.44. The van der Waals surface area contributed by atoms with E-state index in [1.165, 1.54) is 31.2 Å². The van der Waals surface area contributed by atoms with E-state index >= 15 is 0 Å². The molecule has 20 heavy (non-hydrogen) atoms. The summed E-state index contributed by atoms with van der Waals surface area (Å²) in [5, 5.41) is 0. The normalized spacial score (nSPS) is 33.2. The van der Waals surface area contributed by atoms with Gasteiger partial charge in [-0.25, -0.2) is 0 Å². The predicted octanol–water partition coefficient (Wildman–Crippen LogP) is 2.25. The molecule has 1 heterocycles. The summed E-state index contributed by atoms with van der Waals surface area (Å²) >= 11 is 0. The van der Waals surface area contributed by atoms with Gasteiger partial charge in [-0.05, 0) is 25.5 Å². The van der Waals surface area contributed by atoms with E-state index in [0.29, 0.717) is 18.1 Å². The maximum Gasteiger partial charge on any atom is 0.0479 e. The quantitative estimate of drug-likeness (QED) is 0.897. The van der Waals surface area contributed by atoms with E-state index in [1.807, 2.05) is 0 Å². The first-order chi connectivity index (χ1) is 9.75. The zero-order chi connectivity index (χ0) is 13.9. The van der Waals surface area contributed by atoms with Crippen molar-refractivity contribution in [3.05, 3.63) is 35.9 Å². The van der Waals surface area contributed by atoms with Gasteiger partial charge in [0.15, 0.2) is 0 Å². The summed E-state index contributed by atoms with van der Waals surface area (Å²) in [5.74, 6) is 0. The van der Waals surface area contributed by atoms with E-state index in [1.54, 1.807) is 0 Å². The molecule has 1 aliphatic heterocycles. The number of benzene rings is 1. The van der Waals surface area contributed by atoms with Crippen LogP contribution in [-0.2, 0) is 0 Å². The van der Waals surface area contributed by atoms with Gasteiger partial charge in [0.05, 0.1) is 0 Å². The van der Waals surface area contributed by atoms with Crippen molar-refractivity contribution < 1.29 is 0 Å². The van der Waals surface area contributed by atoms with Gasteiger partial charge in [0.2, 0.25) is 0 Å². The standard InChI is InChI=1S/C17H27N3/c1-19-11-12-20(16-10-6-5-9-15(16)18)17(13-19)14-7-3-2-4-8-14/h2-4,7-8,15-17H,5-6,9-13,18H2,1H3. The summed E-state index contributed by atoms with van der Waals surface area (Å²) in [6, 6.07) is 12.4. The molecule has 2 aliphatic rings. The fourth-order valence-corrected chi connectivity index (χ4v) is 3.85. The van der Waals surface area contributed by atoms with Crippen molar-refractivity contribution in [2.75, 3.05) is 26.7 Å². The van der Waals surface area contributed by atoms with Crippen molar-refractivity contribution in [1.82, 2.24) is 9.80 Å². The summed E-state index contributed by atoms with van der Waals surface area (Å²) in [5.41, 5.74) is 7.87. The molecule has 3 nitrogen and oxygen atoms in total. The van der Waals surface area contributed by atoms with Crippen molar-refractivity contribution in [3.63, 3.8) is 0 Å². The van der Waals surface area contributed by atoms with E-state index in [0.717, 1.165) is 19.6 Å². The molecule has 3 heteroatoms. The first kappa shape index (κ1) is 14.1. The Labute approximate surface area is 122 Å². The Morgan fingerprint density at radius 2 is 1.80 bits per heavy atom. The summed E-state index contributed by atoms with van der Waals surface area (Å²) < 4.78 is 0. The van der Waals surface area contributed by atoms with Gasteiger partial charge in [-0.15, -0.1) is 0 Å². The minimum atomic E-state index is 0.360. The molecule has 1 aromatic rings. The minimum Gasteiger partial charge on any atom is -0.326 e. The first-order valence-corrected chi connectivity index (χ1v) is 8.00. The van der Waals surface area contributed by atoms with Crippen LogP contribution in [0.1, 0.15) is 37.3 Å². The molecule has 1 aliphatic carbocycles. The molecule has 3 rings (SSSR count). The average molecular weight is 273 g/mol. The highest BCUT2D eigenvalue weighted by atomic mass is 15.3. The zero-order valence-corrected chi connectivity index (χ0v) is 12.5. The van der Waals surface area contributed by atoms with Gasteiger partial charge < -0.3 is 10.6 Å². The fourth-order valence-electron chi connectivity index (χ4n) is 3.85. The second kappa shape index (κ2) is 6.25. The highest BCUT2D eigenvalue weighted by Gasteiger charge is 2.35. The lowest BCUT2D eigenvalue weighted by Gasteiger charge is -2.47. The van der Waals surface area contributed by atoms with Gasteiger partial charge in [-0.1, -0.05) is 43.2 Å². The largest absolute Gasteiger partial charge is 0.326 e. The number of piperazine rings is 1. The van der Waals surface area contributed by atoms with Crippen molar-refractivity contribution in [3.8, 4) is 0 Å². The number of rotatable bonds is 2. The van der Waals surface area contributed by atoms with Gasteiger partial charge in [0.25, 0.3) is 0 Å². The summed E-state index contributed by atoms with van der Waals surface area (Å²) in [7, 11) is 2.23. The Balaban J connectivity index is 1.83. The number of hydrogen-bond acceptors (Lipinski definition) is 3. The molecule has 3 atom stereocenters. The molecular formula is C17H27N3. The van der Waals surface area contributed by atoms with Crippen LogP contribution in [0.2, 0.25) is 0 Å². The van der Waals surface area contributed by atoms with Crippen molar-refractivity contribution >= 4 is 0 Å². The molecule has 2 N–H and O–H groups in total. The van der Waals surface area contributed by atoms with Crippen LogP contribution < -0.4 is 5.73 Å². The van der Waals surface area contributed by atoms with Crippen LogP contribution in [0, 0.1) is 0 Å². The molecule has 2 fully saturated rings. The topological polar surface area (TPSA) is 32.5 Å². The summed E-state index contributed by atoms with van der Waals surface area (Å²) in [4.78, 5) is 5.14. The van der Waals surface area contributed by atoms with Crippen LogP contribution in [0.4, 0.5) is 0 Å². The van der Waals surface area contributed by atoms with Crippen molar-refractivity contribution in [2.24, 2.45) is 5.73 Å². The lowest BCUT2D eigenvalue weighted by molar-refractivity contribution is 0.0281. The Bertz CT molecular complexity index is 420. The van der Waals surface area contributed by atoms with Crippen LogP contribution in [-0.4, -0.2) is 48.6 Å². The summed E-state index contributed by atoms with van der Waals surface area (Å²) in [6.45, 7) is 3.42. The third-order valence-corrected chi connectivity index (χ3v) is 5.02. The van der Waals surface area contributed by atoms with Crippen molar-refractivity contribution in [1.29, 1.82) is 0 Å². The molecular weight excluding hydrogens is 246 g/mol.